The lowest BCUT2D eigenvalue weighted by atomic mass is 10.0. The van der Waals surface area contributed by atoms with Crippen LogP contribution in [0.3, 0.4) is 0 Å². The molecule has 1 aromatic carbocycles. The summed E-state index contributed by atoms with van der Waals surface area (Å²) in [7, 11) is 2.13. The summed E-state index contributed by atoms with van der Waals surface area (Å²) in [4.78, 5) is 21.4. The van der Waals surface area contributed by atoms with Crippen molar-refractivity contribution in [1.29, 1.82) is 5.26 Å². The van der Waals surface area contributed by atoms with Crippen molar-refractivity contribution in [3.05, 3.63) is 65.5 Å². The van der Waals surface area contributed by atoms with Gasteiger partial charge in [-0.2, -0.15) is 5.26 Å². The molecule has 1 unspecified atom stereocenters. The molecule has 1 aliphatic rings. The molecule has 134 valence electrons. The third kappa shape index (κ3) is 4.47. The molecule has 2 heterocycles. The van der Waals surface area contributed by atoms with E-state index in [1.54, 1.807) is 24.3 Å². The number of rotatable bonds is 5. The number of likely N-dealkylation sites (N-methyl/N-ethyl adjacent to an activating group) is 1. The molecule has 1 amide bonds. The fourth-order valence-electron chi connectivity index (χ4n) is 3.39. The second-order valence-electron chi connectivity index (χ2n) is 6.79. The van der Waals surface area contributed by atoms with Gasteiger partial charge in [-0.3, -0.25) is 9.78 Å². The average molecular weight is 348 g/mol. The predicted molar refractivity (Wildman–Crippen MR) is 101 cm³/mol. The zero-order chi connectivity index (χ0) is 18.4. The number of amides is 1. The Kier molecular flexibility index (Phi) is 5.98. The molecule has 0 saturated carbocycles. The van der Waals surface area contributed by atoms with Crippen molar-refractivity contribution in [3.8, 4) is 6.07 Å². The van der Waals surface area contributed by atoms with Crippen molar-refractivity contribution < 1.29 is 4.79 Å². The molecule has 0 N–H and O–H groups in total. The number of piperidine rings is 1. The molecule has 0 aliphatic carbocycles. The lowest BCUT2D eigenvalue weighted by molar-refractivity contribution is 0.0611. The van der Waals surface area contributed by atoms with Gasteiger partial charge in [-0.05, 0) is 56.3 Å². The quantitative estimate of drug-likeness (QED) is 0.834. The summed E-state index contributed by atoms with van der Waals surface area (Å²) in [5, 5.41) is 8.89. The number of nitriles is 1. The standard InChI is InChI=1S/C21H24N4O/c1-24(14-11-19-5-2-3-12-23-19)20-6-4-13-25(16-20)21(26)18-9-7-17(15-22)8-10-18/h2-3,5,7-10,12,20H,4,6,11,13-14,16H2,1H3. The number of hydrogen-bond acceptors (Lipinski definition) is 4. The molecule has 0 spiro atoms. The zero-order valence-corrected chi connectivity index (χ0v) is 15.1. The van der Waals surface area contributed by atoms with Crippen LogP contribution in [-0.2, 0) is 6.42 Å². The van der Waals surface area contributed by atoms with Gasteiger partial charge in [0.05, 0.1) is 11.6 Å². The molecular weight excluding hydrogens is 324 g/mol. The number of nitrogens with zero attached hydrogens (tertiary/aromatic N) is 4. The third-order valence-electron chi connectivity index (χ3n) is 5.01. The Morgan fingerprint density at radius 1 is 1.31 bits per heavy atom. The van der Waals surface area contributed by atoms with Crippen LogP contribution in [0.15, 0.2) is 48.7 Å². The Labute approximate surface area is 154 Å². The van der Waals surface area contributed by atoms with Gasteiger partial charge < -0.3 is 9.80 Å². The van der Waals surface area contributed by atoms with Crippen LogP contribution >= 0.6 is 0 Å². The van der Waals surface area contributed by atoms with Crippen molar-refractivity contribution in [3.63, 3.8) is 0 Å². The minimum atomic E-state index is 0.0531. The summed E-state index contributed by atoms with van der Waals surface area (Å²) >= 11 is 0. The van der Waals surface area contributed by atoms with Gasteiger partial charge in [0.2, 0.25) is 0 Å². The molecule has 2 aromatic rings. The SMILES string of the molecule is CN(CCc1ccccn1)C1CCCN(C(=O)c2ccc(C#N)cc2)C1. The van der Waals surface area contributed by atoms with Crippen LogP contribution in [0.25, 0.3) is 0 Å². The van der Waals surface area contributed by atoms with Gasteiger partial charge in [-0.25, -0.2) is 0 Å². The van der Waals surface area contributed by atoms with E-state index in [0.717, 1.165) is 44.6 Å². The molecule has 0 bridgehead atoms. The van der Waals surface area contributed by atoms with Gasteiger partial charge in [0.1, 0.15) is 0 Å². The van der Waals surface area contributed by atoms with E-state index in [0.29, 0.717) is 17.2 Å². The second kappa shape index (κ2) is 8.59. The largest absolute Gasteiger partial charge is 0.337 e. The number of benzene rings is 1. The van der Waals surface area contributed by atoms with Gasteiger partial charge in [0, 0.05) is 49.6 Å². The number of carbonyl (C=O) groups excluding carboxylic acids is 1. The summed E-state index contributed by atoms with van der Waals surface area (Å²) in [6, 6.07) is 15.3. The monoisotopic (exact) mass is 348 g/mol. The minimum Gasteiger partial charge on any atom is -0.337 e. The predicted octanol–water partition coefficient (Wildman–Crippen LogP) is 2.73. The Hall–Kier alpha value is -2.71. The third-order valence-corrected chi connectivity index (χ3v) is 5.01. The topological polar surface area (TPSA) is 60.2 Å². The van der Waals surface area contributed by atoms with Gasteiger partial charge in [0.25, 0.3) is 5.91 Å². The Morgan fingerprint density at radius 3 is 2.81 bits per heavy atom. The summed E-state index contributed by atoms with van der Waals surface area (Å²) in [6.45, 7) is 2.47. The molecule has 1 aliphatic heterocycles. The van der Waals surface area contributed by atoms with E-state index in [4.69, 9.17) is 5.26 Å². The number of likely N-dealkylation sites (tertiary alicyclic amines) is 1. The normalized spacial score (nSPS) is 17.1. The highest BCUT2D eigenvalue weighted by Gasteiger charge is 2.26. The van der Waals surface area contributed by atoms with Crippen LogP contribution < -0.4 is 0 Å². The van der Waals surface area contributed by atoms with Crippen molar-refractivity contribution >= 4 is 5.91 Å². The smallest absolute Gasteiger partial charge is 0.253 e. The molecule has 1 fully saturated rings. The van der Waals surface area contributed by atoms with E-state index in [2.05, 4.69) is 29.1 Å². The highest BCUT2D eigenvalue weighted by Crippen LogP contribution is 2.18. The van der Waals surface area contributed by atoms with Gasteiger partial charge >= 0.3 is 0 Å². The lowest BCUT2D eigenvalue weighted by Gasteiger charge is -2.37. The van der Waals surface area contributed by atoms with E-state index >= 15 is 0 Å². The molecule has 1 atom stereocenters. The first-order valence-electron chi connectivity index (χ1n) is 9.07. The molecular formula is C21H24N4O. The van der Waals surface area contributed by atoms with Crippen LogP contribution in [0, 0.1) is 11.3 Å². The maximum absolute atomic E-state index is 12.8. The number of carbonyl (C=O) groups is 1. The Balaban J connectivity index is 1.57. The van der Waals surface area contributed by atoms with Gasteiger partial charge in [-0.1, -0.05) is 6.07 Å². The van der Waals surface area contributed by atoms with Crippen LogP contribution in [0.2, 0.25) is 0 Å². The summed E-state index contributed by atoms with van der Waals surface area (Å²) in [6.07, 6.45) is 4.86. The van der Waals surface area contributed by atoms with Crippen molar-refractivity contribution in [2.45, 2.75) is 25.3 Å². The molecule has 5 nitrogen and oxygen atoms in total. The van der Waals surface area contributed by atoms with Crippen LogP contribution in [0.5, 0.6) is 0 Å². The Bertz CT molecular complexity index is 767. The second-order valence-corrected chi connectivity index (χ2v) is 6.79. The highest BCUT2D eigenvalue weighted by atomic mass is 16.2. The first kappa shape index (κ1) is 18.1. The number of pyridine rings is 1. The molecule has 3 rings (SSSR count). The molecule has 1 aromatic heterocycles. The van der Waals surface area contributed by atoms with E-state index in [-0.39, 0.29) is 5.91 Å². The van der Waals surface area contributed by atoms with Crippen molar-refractivity contribution in [1.82, 2.24) is 14.8 Å². The van der Waals surface area contributed by atoms with E-state index in [1.807, 2.05) is 23.2 Å². The zero-order valence-electron chi connectivity index (χ0n) is 15.1. The number of hydrogen-bond donors (Lipinski definition) is 0. The Morgan fingerprint density at radius 2 is 2.12 bits per heavy atom. The first-order valence-corrected chi connectivity index (χ1v) is 9.07. The van der Waals surface area contributed by atoms with E-state index in [9.17, 15) is 4.79 Å². The van der Waals surface area contributed by atoms with Crippen molar-refractivity contribution in [2.24, 2.45) is 0 Å². The minimum absolute atomic E-state index is 0.0531. The molecule has 1 saturated heterocycles. The molecule has 0 radical (unpaired) electrons. The molecule has 26 heavy (non-hydrogen) atoms. The number of aromatic nitrogens is 1. The summed E-state index contributed by atoms with van der Waals surface area (Å²) in [5.74, 6) is 0.0531. The van der Waals surface area contributed by atoms with Crippen molar-refractivity contribution in [2.75, 3.05) is 26.7 Å². The fourth-order valence-corrected chi connectivity index (χ4v) is 3.39. The van der Waals surface area contributed by atoms with Gasteiger partial charge in [0.15, 0.2) is 0 Å². The maximum atomic E-state index is 12.8. The van der Waals surface area contributed by atoms with Crippen LogP contribution in [-0.4, -0.2) is 53.4 Å². The summed E-state index contributed by atoms with van der Waals surface area (Å²) in [5.41, 5.74) is 2.33. The van der Waals surface area contributed by atoms with E-state index < -0.39 is 0 Å². The van der Waals surface area contributed by atoms with E-state index in [1.165, 1.54) is 0 Å². The van der Waals surface area contributed by atoms with Crippen LogP contribution in [0.1, 0.15) is 34.5 Å². The fraction of sp³-hybridized carbons (Fsp3) is 0.381. The molecule has 5 heteroatoms. The lowest BCUT2D eigenvalue weighted by Crippen LogP contribution is -2.49. The highest BCUT2D eigenvalue weighted by molar-refractivity contribution is 5.94. The maximum Gasteiger partial charge on any atom is 0.253 e. The van der Waals surface area contributed by atoms with Gasteiger partial charge in [-0.15, -0.1) is 0 Å². The first-order chi connectivity index (χ1) is 12.7. The van der Waals surface area contributed by atoms with Crippen LogP contribution in [0.4, 0.5) is 0 Å². The average Bonchev–Trinajstić information content (AvgIpc) is 2.72. The summed E-state index contributed by atoms with van der Waals surface area (Å²) < 4.78 is 0.